The summed E-state index contributed by atoms with van der Waals surface area (Å²) in [6.45, 7) is -0.249. The predicted molar refractivity (Wildman–Crippen MR) is 70.4 cm³/mol. The van der Waals surface area contributed by atoms with Gasteiger partial charge in [0, 0.05) is 12.6 Å². The van der Waals surface area contributed by atoms with Gasteiger partial charge in [-0.3, -0.25) is 4.79 Å². The van der Waals surface area contributed by atoms with Crippen LogP contribution in [0.15, 0.2) is 0 Å². The largest absolute Gasteiger partial charge is 0.393 e. The molecule has 9 heteroatoms. The lowest BCUT2D eigenvalue weighted by Gasteiger charge is -2.32. The number of hydrogen-bond donors (Lipinski definition) is 2. The number of hydrogen-bond acceptors (Lipinski definition) is 4. The fraction of sp³-hybridized carbons (Fsp3) is 0.917. The third kappa shape index (κ3) is 4.57. The molecule has 0 aromatic heterocycles. The first-order valence-corrected chi connectivity index (χ1v) is 8.80. The lowest BCUT2D eigenvalue weighted by Crippen LogP contribution is -2.54. The van der Waals surface area contributed by atoms with E-state index in [2.05, 4.69) is 10.6 Å². The molecule has 2 saturated heterocycles. The van der Waals surface area contributed by atoms with Crippen molar-refractivity contribution in [2.45, 2.75) is 43.9 Å². The van der Waals surface area contributed by atoms with Crippen molar-refractivity contribution in [3.05, 3.63) is 0 Å². The molecule has 0 aliphatic carbocycles. The van der Waals surface area contributed by atoms with Gasteiger partial charge < -0.3 is 10.6 Å². The molecule has 2 fully saturated rings. The van der Waals surface area contributed by atoms with Gasteiger partial charge in [-0.05, 0) is 25.7 Å². The minimum absolute atomic E-state index is 0.0478. The quantitative estimate of drug-likeness (QED) is 0.779. The van der Waals surface area contributed by atoms with Crippen molar-refractivity contribution in [2.24, 2.45) is 5.92 Å². The van der Waals surface area contributed by atoms with Crippen molar-refractivity contribution in [2.75, 3.05) is 18.1 Å². The number of rotatable bonds is 2. The molecule has 122 valence electrons. The smallest absolute Gasteiger partial charge is 0.352 e. The first-order chi connectivity index (χ1) is 9.67. The summed E-state index contributed by atoms with van der Waals surface area (Å²) in [6, 6.07) is -0.828. The molecule has 0 aromatic rings. The summed E-state index contributed by atoms with van der Waals surface area (Å²) in [5, 5.41) is 5.36. The van der Waals surface area contributed by atoms with Crippen molar-refractivity contribution in [3.8, 4) is 0 Å². The van der Waals surface area contributed by atoms with E-state index in [1.54, 1.807) is 0 Å². The van der Waals surface area contributed by atoms with Crippen LogP contribution in [0.2, 0.25) is 0 Å². The molecular formula is C12H19F3N2O3S. The van der Waals surface area contributed by atoms with Crippen molar-refractivity contribution in [3.63, 3.8) is 0 Å². The van der Waals surface area contributed by atoms with Gasteiger partial charge in [-0.25, -0.2) is 8.42 Å². The Balaban J connectivity index is 1.78. The molecule has 0 spiro atoms. The number of sulfone groups is 1. The highest BCUT2D eigenvalue weighted by Gasteiger charge is 2.42. The van der Waals surface area contributed by atoms with Gasteiger partial charge in [-0.1, -0.05) is 0 Å². The number of carbonyl (C=O) groups is 1. The first kappa shape index (κ1) is 16.5. The first-order valence-electron chi connectivity index (χ1n) is 6.98. The summed E-state index contributed by atoms with van der Waals surface area (Å²) in [6.07, 6.45) is -3.42. The topological polar surface area (TPSA) is 75.3 Å². The second-order valence-electron chi connectivity index (χ2n) is 5.71. The highest BCUT2D eigenvalue weighted by Crippen LogP contribution is 2.32. The van der Waals surface area contributed by atoms with E-state index < -0.39 is 28.0 Å². The van der Waals surface area contributed by atoms with Crippen molar-refractivity contribution >= 4 is 15.7 Å². The van der Waals surface area contributed by atoms with Gasteiger partial charge >= 0.3 is 6.18 Å². The van der Waals surface area contributed by atoms with Gasteiger partial charge in [-0.15, -0.1) is 0 Å². The lowest BCUT2D eigenvalue weighted by atomic mass is 9.93. The fourth-order valence-electron chi connectivity index (χ4n) is 2.70. The summed E-state index contributed by atoms with van der Waals surface area (Å²) >= 11 is 0. The Morgan fingerprint density at radius 2 is 1.71 bits per heavy atom. The fourth-order valence-corrected chi connectivity index (χ4v) is 4.19. The lowest BCUT2D eigenvalue weighted by molar-refractivity contribution is -0.180. The molecule has 21 heavy (non-hydrogen) atoms. The van der Waals surface area contributed by atoms with E-state index in [4.69, 9.17) is 0 Å². The number of alkyl halides is 3. The van der Waals surface area contributed by atoms with E-state index >= 15 is 0 Å². The maximum absolute atomic E-state index is 12.5. The van der Waals surface area contributed by atoms with Crippen LogP contribution >= 0.6 is 0 Å². The van der Waals surface area contributed by atoms with Crippen LogP contribution in [0.1, 0.15) is 25.7 Å². The SMILES string of the molecule is O=C(NC1CCS(=O)(=O)CC1)C1CCC(C(F)(F)F)CN1. The van der Waals surface area contributed by atoms with E-state index in [0.29, 0.717) is 12.8 Å². The van der Waals surface area contributed by atoms with Crippen LogP contribution in [0.5, 0.6) is 0 Å². The van der Waals surface area contributed by atoms with Gasteiger partial charge in [0.15, 0.2) is 0 Å². The molecule has 0 aromatic carbocycles. The minimum Gasteiger partial charge on any atom is -0.352 e. The molecule has 5 nitrogen and oxygen atoms in total. The monoisotopic (exact) mass is 328 g/mol. The zero-order valence-electron chi connectivity index (χ0n) is 11.4. The highest BCUT2D eigenvalue weighted by molar-refractivity contribution is 7.91. The van der Waals surface area contributed by atoms with E-state index in [9.17, 15) is 26.4 Å². The average Bonchev–Trinajstić information content (AvgIpc) is 2.40. The molecule has 0 saturated carbocycles. The van der Waals surface area contributed by atoms with Crippen LogP contribution in [0.3, 0.4) is 0 Å². The van der Waals surface area contributed by atoms with Crippen molar-refractivity contribution < 1.29 is 26.4 Å². The van der Waals surface area contributed by atoms with Gasteiger partial charge in [-0.2, -0.15) is 13.2 Å². The van der Waals surface area contributed by atoms with Crippen LogP contribution in [0, 0.1) is 5.92 Å². The van der Waals surface area contributed by atoms with E-state index in [-0.39, 0.29) is 42.8 Å². The van der Waals surface area contributed by atoms with Crippen LogP contribution in [0.25, 0.3) is 0 Å². The molecule has 2 aliphatic heterocycles. The Hall–Kier alpha value is -0.830. The zero-order valence-corrected chi connectivity index (χ0v) is 12.3. The Kier molecular flexibility index (Phi) is 4.82. The Morgan fingerprint density at radius 3 is 2.19 bits per heavy atom. The summed E-state index contributed by atoms with van der Waals surface area (Å²) in [7, 11) is -2.99. The zero-order chi connectivity index (χ0) is 15.7. The molecule has 2 N–H and O–H groups in total. The maximum atomic E-state index is 12.5. The Bertz CT molecular complexity index is 470. The number of nitrogens with one attached hydrogen (secondary N) is 2. The van der Waals surface area contributed by atoms with Gasteiger partial charge in [0.05, 0.1) is 23.5 Å². The summed E-state index contributed by atoms with van der Waals surface area (Å²) in [4.78, 5) is 12.0. The van der Waals surface area contributed by atoms with Crippen molar-refractivity contribution in [1.82, 2.24) is 10.6 Å². The Morgan fingerprint density at radius 1 is 1.10 bits per heavy atom. The van der Waals surface area contributed by atoms with Crippen LogP contribution in [0.4, 0.5) is 13.2 Å². The summed E-state index contributed by atoms with van der Waals surface area (Å²) in [5.74, 6) is -1.64. The minimum atomic E-state index is -4.23. The molecule has 2 heterocycles. The molecule has 0 bridgehead atoms. The molecule has 1 amide bonds. The maximum Gasteiger partial charge on any atom is 0.393 e. The second kappa shape index (κ2) is 6.12. The van der Waals surface area contributed by atoms with E-state index in [0.717, 1.165) is 0 Å². The third-order valence-corrected chi connectivity index (χ3v) is 5.81. The molecular weight excluding hydrogens is 309 g/mol. The van der Waals surface area contributed by atoms with Crippen LogP contribution < -0.4 is 10.6 Å². The average molecular weight is 328 g/mol. The second-order valence-corrected chi connectivity index (χ2v) is 8.02. The van der Waals surface area contributed by atoms with Gasteiger partial charge in [0.25, 0.3) is 0 Å². The number of halogens is 3. The van der Waals surface area contributed by atoms with Gasteiger partial charge in [0.2, 0.25) is 5.91 Å². The van der Waals surface area contributed by atoms with Crippen LogP contribution in [-0.2, 0) is 14.6 Å². The predicted octanol–water partition coefficient (Wildman–Crippen LogP) is 0.610. The van der Waals surface area contributed by atoms with Gasteiger partial charge in [0.1, 0.15) is 9.84 Å². The standard InChI is InChI=1S/C12H19F3N2O3S/c13-12(14,15)8-1-2-10(16-7-8)11(18)17-9-3-5-21(19,20)6-4-9/h8-10,16H,1-7H2,(H,17,18). The van der Waals surface area contributed by atoms with E-state index in [1.807, 2.05) is 0 Å². The van der Waals surface area contributed by atoms with Crippen molar-refractivity contribution in [1.29, 1.82) is 0 Å². The van der Waals surface area contributed by atoms with Crippen LogP contribution in [-0.4, -0.2) is 50.6 Å². The highest BCUT2D eigenvalue weighted by atomic mass is 32.2. The molecule has 2 rings (SSSR count). The van der Waals surface area contributed by atoms with E-state index in [1.165, 1.54) is 0 Å². The number of piperidine rings is 1. The molecule has 2 atom stereocenters. The summed E-state index contributed by atoms with van der Waals surface area (Å²) in [5.41, 5.74) is 0. The number of amides is 1. The molecule has 2 aliphatic rings. The summed E-state index contributed by atoms with van der Waals surface area (Å²) < 4.78 is 60.1. The molecule has 0 radical (unpaired) electrons. The number of carbonyl (C=O) groups excluding carboxylic acids is 1. The normalized spacial score (nSPS) is 30.8. The third-order valence-electron chi connectivity index (χ3n) is 4.09. The Labute approximate surface area is 121 Å². The molecule has 2 unspecified atom stereocenters.